The van der Waals surface area contributed by atoms with Gasteiger partial charge in [-0.15, -0.1) is 0 Å². The molecule has 1 aliphatic carbocycles. The Hall–Kier alpha value is -1.95. The van der Waals surface area contributed by atoms with E-state index in [0.29, 0.717) is 0 Å². The van der Waals surface area contributed by atoms with Crippen LogP contribution in [-0.4, -0.2) is 36.3 Å². The molecule has 200 valence electrons. The Bertz CT molecular complexity index is 1250. The molecule has 2 N–H and O–H groups in total. The molecule has 0 saturated heterocycles. The molecule has 1 unspecified atom stereocenters. The van der Waals surface area contributed by atoms with Gasteiger partial charge in [0.2, 0.25) is 5.91 Å². The van der Waals surface area contributed by atoms with E-state index < -0.39 is 42.2 Å². The molecule has 3 rings (SSSR count). The Morgan fingerprint density at radius 1 is 1.00 bits per heavy atom. The summed E-state index contributed by atoms with van der Waals surface area (Å²) in [6, 6.07) is 6.20. The first-order valence-electron chi connectivity index (χ1n) is 10.4. The number of hydrogen-bond acceptors (Lipinski definition) is 2. The molecule has 0 radical (unpaired) electrons. The van der Waals surface area contributed by atoms with Crippen LogP contribution in [0.2, 0.25) is 15.1 Å². The molecule has 14 heteroatoms. The van der Waals surface area contributed by atoms with Gasteiger partial charge in [0, 0.05) is 9.50 Å². The summed E-state index contributed by atoms with van der Waals surface area (Å²) in [7, 11) is 0. The first kappa shape index (κ1) is 29.6. The average molecular weight is 653 g/mol. The van der Waals surface area contributed by atoms with Gasteiger partial charge in [-0.25, -0.2) is 0 Å². The number of benzene rings is 2. The Labute approximate surface area is 230 Å². The van der Waals surface area contributed by atoms with Crippen molar-refractivity contribution in [2.24, 2.45) is 0 Å². The van der Waals surface area contributed by atoms with Crippen LogP contribution in [-0.2, 0) is 4.79 Å². The highest BCUT2D eigenvalue weighted by Crippen LogP contribution is 2.42. The maximum absolute atomic E-state index is 13.8. The Balaban J connectivity index is 1.77. The number of amides is 2. The van der Waals surface area contributed by atoms with Crippen LogP contribution in [0.25, 0.3) is 6.08 Å². The largest absolute Gasteiger partial charge is 0.405 e. The van der Waals surface area contributed by atoms with Crippen LogP contribution in [0.4, 0.5) is 26.3 Å². The molecule has 0 heterocycles. The lowest BCUT2D eigenvalue weighted by Gasteiger charge is -2.19. The van der Waals surface area contributed by atoms with Crippen molar-refractivity contribution in [2.75, 3.05) is 6.54 Å². The lowest BCUT2D eigenvalue weighted by molar-refractivity contribution is -0.140. The Kier molecular flexibility index (Phi) is 8.83. The predicted molar refractivity (Wildman–Crippen MR) is 132 cm³/mol. The number of halogens is 10. The monoisotopic (exact) mass is 650 g/mol. The fraction of sp³-hybridized carbons (Fsp3) is 0.304. The minimum absolute atomic E-state index is 0.00364. The van der Waals surface area contributed by atoms with Gasteiger partial charge in [-0.05, 0) is 64.2 Å². The molecule has 0 aromatic heterocycles. The van der Waals surface area contributed by atoms with Crippen LogP contribution in [0.1, 0.15) is 40.2 Å². The lowest BCUT2D eigenvalue weighted by atomic mass is 9.96. The zero-order chi connectivity index (χ0) is 27.8. The maximum Gasteiger partial charge on any atom is 0.405 e. The number of carbonyl (C=O) groups is 2. The van der Waals surface area contributed by atoms with E-state index in [0.717, 1.165) is 18.2 Å². The van der Waals surface area contributed by atoms with E-state index >= 15 is 0 Å². The molecule has 1 saturated carbocycles. The van der Waals surface area contributed by atoms with Crippen molar-refractivity contribution in [1.82, 2.24) is 10.6 Å². The second kappa shape index (κ2) is 11.0. The second-order valence-corrected chi connectivity index (χ2v) is 10.3. The summed E-state index contributed by atoms with van der Waals surface area (Å²) in [6.45, 7) is -1.53. The fourth-order valence-corrected chi connectivity index (χ4v) is 4.61. The minimum atomic E-state index is -4.71. The van der Waals surface area contributed by atoms with Crippen molar-refractivity contribution in [2.45, 2.75) is 36.7 Å². The molecule has 2 amide bonds. The molecular formula is C23H16BrCl3F6N2O2. The van der Waals surface area contributed by atoms with Gasteiger partial charge < -0.3 is 10.6 Å². The number of carbonyl (C=O) groups excluding carboxylic acids is 2. The van der Waals surface area contributed by atoms with Crippen molar-refractivity contribution in [1.29, 1.82) is 0 Å². The summed E-state index contributed by atoms with van der Waals surface area (Å²) < 4.78 is 78.6. The standard InChI is InChI=1S/C23H16BrCl3F6N2O2/c24-15-7-11(2-4-14(23(31,32)33)13-8-17(26)18(27)9-16(13)25)1-3-12(15)19(36)35-21(5-6-21)20(37)34-10-22(28,29)30/h1-4,7-9,14H,5-6,10H2,(H,34,37)(H,35,36). The van der Waals surface area contributed by atoms with Crippen molar-refractivity contribution < 1.29 is 35.9 Å². The highest BCUT2D eigenvalue weighted by molar-refractivity contribution is 9.10. The van der Waals surface area contributed by atoms with Gasteiger partial charge in [0.1, 0.15) is 12.1 Å². The molecule has 0 aliphatic heterocycles. The highest BCUT2D eigenvalue weighted by Gasteiger charge is 2.52. The van der Waals surface area contributed by atoms with Gasteiger partial charge in [0.15, 0.2) is 0 Å². The quantitative estimate of drug-likeness (QED) is 0.238. The van der Waals surface area contributed by atoms with E-state index in [1.807, 2.05) is 0 Å². The minimum Gasteiger partial charge on any atom is -0.345 e. The van der Waals surface area contributed by atoms with Crippen LogP contribution in [0, 0.1) is 0 Å². The molecule has 2 aromatic carbocycles. The summed E-state index contributed by atoms with van der Waals surface area (Å²) >= 11 is 20.8. The van der Waals surface area contributed by atoms with Gasteiger partial charge in [-0.3, -0.25) is 9.59 Å². The Morgan fingerprint density at radius 2 is 1.62 bits per heavy atom. The van der Waals surface area contributed by atoms with Gasteiger partial charge in [0.25, 0.3) is 5.91 Å². The zero-order valence-electron chi connectivity index (χ0n) is 18.3. The first-order chi connectivity index (χ1) is 17.0. The average Bonchev–Trinajstić information content (AvgIpc) is 3.54. The molecule has 1 atom stereocenters. The molecule has 0 spiro atoms. The van der Waals surface area contributed by atoms with Crippen molar-refractivity contribution in [3.8, 4) is 0 Å². The SMILES string of the molecule is O=C(NC1(C(=O)NCC(F)(F)F)CC1)c1ccc(C=CC(c2cc(Cl)c(Cl)cc2Cl)C(F)(F)F)cc1Br. The van der Waals surface area contributed by atoms with E-state index in [1.165, 1.54) is 24.3 Å². The van der Waals surface area contributed by atoms with E-state index in [9.17, 15) is 35.9 Å². The highest BCUT2D eigenvalue weighted by atomic mass is 79.9. The molecule has 37 heavy (non-hydrogen) atoms. The third-order valence-electron chi connectivity index (χ3n) is 5.43. The van der Waals surface area contributed by atoms with E-state index in [2.05, 4.69) is 21.2 Å². The molecule has 1 fully saturated rings. The number of rotatable bonds is 7. The summed E-state index contributed by atoms with van der Waals surface area (Å²) in [4.78, 5) is 24.8. The van der Waals surface area contributed by atoms with Crippen LogP contribution < -0.4 is 10.6 Å². The first-order valence-corrected chi connectivity index (χ1v) is 12.3. The number of alkyl halides is 6. The Morgan fingerprint density at radius 3 is 2.16 bits per heavy atom. The van der Waals surface area contributed by atoms with E-state index in [4.69, 9.17) is 34.8 Å². The molecular weight excluding hydrogens is 637 g/mol. The van der Waals surface area contributed by atoms with E-state index in [1.54, 1.807) is 5.32 Å². The second-order valence-electron chi connectivity index (χ2n) is 8.24. The third kappa shape index (κ3) is 7.55. The van der Waals surface area contributed by atoms with Crippen molar-refractivity contribution in [3.63, 3.8) is 0 Å². The van der Waals surface area contributed by atoms with Crippen molar-refractivity contribution >= 4 is 68.6 Å². The summed E-state index contributed by atoms with van der Waals surface area (Å²) in [5.74, 6) is -3.80. The van der Waals surface area contributed by atoms with Gasteiger partial charge in [0.05, 0.1) is 21.5 Å². The molecule has 1 aliphatic rings. The van der Waals surface area contributed by atoms with Crippen LogP contribution >= 0.6 is 50.7 Å². The zero-order valence-corrected chi connectivity index (χ0v) is 22.2. The fourth-order valence-electron chi connectivity index (χ4n) is 3.36. The number of nitrogens with one attached hydrogen (secondary N) is 2. The molecule has 0 bridgehead atoms. The predicted octanol–water partition coefficient (Wildman–Crippen LogP) is 7.71. The van der Waals surface area contributed by atoms with Gasteiger partial charge >= 0.3 is 12.4 Å². The summed E-state index contributed by atoms with van der Waals surface area (Å²) in [6.07, 6.45) is -6.93. The molecule has 2 aromatic rings. The smallest absolute Gasteiger partial charge is 0.345 e. The van der Waals surface area contributed by atoms with Crippen molar-refractivity contribution in [3.05, 3.63) is 72.6 Å². The number of hydrogen-bond donors (Lipinski definition) is 2. The third-order valence-corrected chi connectivity index (χ3v) is 7.14. The van der Waals surface area contributed by atoms with Crippen LogP contribution in [0.15, 0.2) is 40.9 Å². The maximum atomic E-state index is 13.8. The van der Waals surface area contributed by atoms with Crippen LogP contribution in [0.5, 0.6) is 0 Å². The summed E-state index contributed by atoms with van der Waals surface area (Å²) in [5.41, 5.74) is -1.42. The molecule has 4 nitrogen and oxygen atoms in total. The summed E-state index contributed by atoms with van der Waals surface area (Å²) in [5, 5.41) is 3.88. The number of allylic oxidation sites excluding steroid dienone is 1. The lowest BCUT2D eigenvalue weighted by Crippen LogP contribution is -2.50. The van der Waals surface area contributed by atoms with Crippen LogP contribution in [0.3, 0.4) is 0 Å². The van der Waals surface area contributed by atoms with E-state index in [-0.39, 0.29) is 49.1 Å². The van der Waals surface area contributed by atoms with Gasteiger partial charge in [-0.1, -0.05) is 53.0 Å². The normalized spacial score (nSPS) is 15.9. The topological polar surface area (TPSA) is 58.2 Å². The van der Waals surface area contributed by atoms with Gasteiger partial charge in [-0.2, -0.15) is 26.3 Å².